The standard InChI is InChI=1S/C10H19N/c1-4-9-5-6-11-7-10(9)8(2)3/h8,11H,4-7H2,1-3H3. The van der Waals surface area contributed by atoms with Crippen molar-refractivity contribution in [1.82, 2.24) is 5.32 Å². The molecule has 0 saturated carbocycles. The molecule has 0 aromatic rings. The summed E-state index contributed by atoms with van der Waals surface area (Å²) in [7, 11) is 0. The summed E-state index contributed by atoms with van der Waals surface area (Å²) in [5, 5.41) is 3.42. The predicted molar refractivity (Wildman–Crippen MR) is 49.6 cm³/mol. The van der Waals surface area contributed by atoms with E-state index in [4.69, 9.17) is 0 Å². The van der Waals surface area contributed by atoms with Crippen LogP contribution >= 0.6 is 0 Å². The van der Waals surface area contributed by atoms with E-state index in [0.717, 1.165) is 12.5 Å². The fraction of sp³-hybridized carbons (Fsp3) is 0.800. The van der Waals surface area contributed by atoms with Gasteiger partial charge >= 0.3 is 0 Å². The lowest BCUT2D eigenvalue weighted by atomic mass is 9.91. The van der Waals surface area contributed by atoms with Gasteiger partial charge in [0.2, 0.25) is 0 Å². The van der Waals surface area contributed by atoms with E-state index in [2.05, 4.69) is 26.1 Å². The van der Waals surface area contributed by atoms with Crippen LogP contribution < -0.4 is 5.32 Å². The van der Waals surface area contributed by atoms with Crippen LogP contribution in [0.25, 0.3) is 0 Å². The number of hydrogen-bond donors (Lipinski definition) is 1. The summed E-state index contributed by atoms with van der Waals surface area (Å²) in [5.41, 5.74) is 3.34. The Kier molecular flexibility index (Phi) is 3.13. The van der Waals surface area contributed by atoms with E-state index < -0.39 is 0 Å². The molecule has 1 heteroatoms. The molecule has 0 aliphatic carbocycles. The molecule has 0 aromatic heterocycles. The fourth-order valence-corrected chi connectivity index (χ4v) is 1.76. The smallest absolute Gasteiger partial charge is 0.0170 e. The average Bonchev–Trinajstić information content (AvgIpc) is 2.04. The van der Waals surface area contributed by atoms with Gasteiger partial charge < -0.3 is 5.32 Å². The Bertz CT molecular complexity index is 156. The molecule has 1 N–H and O–H groups in total. The number of nitrogens with one attached hydrogen (secondary N) is 1. The average molecular weight is 153 g/mol. The lowest BCUT2D eigenvalue weighted by Gasteiger charge is -2.23. The van der Waals surface area contributed by atoms with Gasteiger partial charge in [0.15, 0.2) is 0 Å². The Morgan fingerprint density at radius 2 is 2.18 bits per heavy atom. The third-order valence-electron chi connectivity index (χ3n) is 2.50. The molecule has 1 nitrogen and oxygen atoms in total. The molecule has 0 amide bonds. The van der Waals surface area contributed by atoms with Crippen molar-refractivity contribution >= 4 is 0 Å². The van der Waals surface area contributed by atoms with Crippen LogP contribution in [0.15, 0.2) is 11.1 Å². The lowest BCUT2D eigenvalue weighted by Crippen LogP contribution is -2.27. The molecule has 0 unspecified atom stereocenters. The molecule has 0 spiro atoms. The minimum atomic E-state index is 0.734. The third kappa shape index (κ3) is 2.06. The van der Waals surface area contributed by atoms with Gasteiger partial charge in [-0.1, -0.05) is 31.9 Å². The van der Waals surface area contributed by atoms with Crippen molar-refractivity contribution < 1.29 is 0 Å². The summed E-state index contributed by atoms with van der Waals surface area (Å²) in [6.45, 7) is 9.15. The molecule has 0 saturated heterocycles. The summed E-state index contributed by atoms with van der Waals surface area (Å²) >= 11 is 0. The minimum Gasteiger partial charge on any atom is -0.313 e. The Morgan fingerprint density at radius 3 is 2.64 bits per heavy atom. The van der Waals surface area contributed by atoms with Gasteiger partial charge in [-0.2, -0.15) is 0 Å². The second kappa shape index (κ2) is 3.91. The molecule has 1 aliphatic rings. The molecular formula is C10H19N. The van der Waals surface area contributed by atoms with Crippen LogP contribution in [0.4, 0.5) is 0 Å². The molecular weight excluding hydrogens is 134 g/mol. The maximum atomic E-state index is 3.42. The minimum absolute atomic E-state index is 0.734. The van der Waals surface area contributed by atoms with Crippen molar-refractivity contribution in [2.24, 2.45) is 5.92 Å². The molecule has 0 atom stereocenters. The van der Waals surface area contributed by atoms with E-state index in [1.807, 2.05) is 0 Å². The van der Waals surface area contributed by atoms with Crippen LogP contribution in [0.3, 0.4) is 0 Å². The molecule has 1 aliphatic heterocycles. The summed E-state index contributed by atoms with van der Waals surface area (Å²) < 4.78 is 0. The zero-order valence-electron chi connectivity index (χ0n) is 7.91. The molecule has 64 valence electrons. The van der Waals surface area contributed by atoms with Gasteiger partial charge in [0.05, 0.1) is 0 Å². The maximum Gasteiger partial charge on any atom is 0.0170 e. The predicted octanol–water partition coefficient (Wildman–Crippen LogP) is 2.34. The topological polar surface area (TPSA) is 12.0 Å². The summed E-state index contributed by atoms with van der Waals surface area (Å²) in [6, 6.07) is 0. The largest absolute Gasteiger partial charge is 0.313 e. The number of hydrogen-bond acceptors (Lipinski definition) is 1. The van der Waals surface area contributed by atoms with Crippen LogP contribution in [-0.4, -0.2) is 13.1 Å². The van der Waals surface area contributed by atoms with E-state index in [1.54, 1.807) is 11.1 Å². The normalized spacial score (nSPS) is 19.6. The quantitative estimate of drug-likeness (QED) is 0.600. The van der Waals surface area contributed by atoms with Gasteiger partial charge in [0.1, 0.15) is 0 Å². The highest BCUT2D eigenvalue weighted by molar-refractivity contribution is 5.20. The monoisotopic (exact) mass is 153 g/mol. The summed E-state index contributed by atoms with van der Waals surface area (Å²) in [6.07, 6.45) is 2.51. The zero-order chi connectivity index (χ0) is 8.27. The zero-order valence-corrected chi connectivity index (χ0v) is 7.91. The van der Waals surface area contributed by atoms with Crippen LogP contribution in [0, 0.1) is 5.92 Å². The number of rotatable bonds is 2. The van der Waals surface area contributed by atoms with Gasteiger partial charge in [0.25, 0.3) is 0 Å². The van der Waals surface area contributed by atoms with Crippen LogP contribution in [0.5, 0.6) is 0 Å². The first kappa shape index (κ1) is 8.79. The highest BCUT2D eigenvalue weighted by Crippen LogP contribution is 2.21. The second-order valence-electron chi connectivity index (χ2n) is 3.56. The van der Waals surface area contributed by atoms with Crippen LogP contribution in [-0.2, 0) is 0 Å². The first-order valence-electron chi connectivity index (χ1n) is 4.67. The summed E-state index contributed by atoms with van der Waals surface area (Å²) in [4.78, 5) is 0. The SMILES string of the molecule is CCC1=C(C(C)C)CNCC1. The van der Waals surface area contributed by atoms with Crippen molar-refractivity contribution in [3.8, 4) is 0 Å². The third-order valence-corrected chi connectivity index (χ3v) is 2.50. The van der Waals surface area contributed by atoms with Crippen molar-refractivity contribution in [3.05, 3.63) is 11.1 Å². The van der Waals surface area contributed by atoms with E-state index in [-0.39, 0.29) is 0 Å². The molecule has 0 aromatic carbocycles. The Morgan fingerprint density at radius 1 is 1.45 bits per heavy atom. The van der Waals surface area contributed by atoms with Gasteiger partial charge in [0, 0.05) is 6.54 Å². The van der Waals surface area contributed by atoms with Crippen molar-refractivity contribution in [1.29, 1.82) is 0 Å². The van der Waals surface area contributed by atoms with E-state index in [9.17, 15) is 0 Å². The molecule has 0 fully saturated rings. The first-order chi connectivity index (χ1) is 5.25. The Balaban J connectivity index is 2.73. The van der Waals surface area contributed by atoms with Crippen LogP contribution in [0.2, 0.25) is 0 Å². The van der Waals surface area contributed by atoms with Crippen LogP contribution in [0.1, 0.15) is 33.6 Å². The molecule has 0 bridgehead atoms. The summed E-state index contributed by atoms with van der Waals surface area (Å²) in [5.74, 6) is 0.734. The highest BCUT2D eigenvalue weighted by Gasteiger charge is 2.12. The van der Waals surface area contributed by atoms with E-state index >= 15 is 0 Å². The maximum absolute atomic E-state index is 3.42. The highest BCUT2D eigenvalue weighted by atomic mass is 14.9. The molecule has 0 radical (unpaired) electrons. The Labute approximate surface area is 69.9 Å². The molecule has 1 rings (SSSR count). The van der Waals surface area contributed by atoms with Gasteiger partial charge in [-0.25, -0.2) is 0 Å². The van der Waals surface area contributed by atoms with E-state index in [0.29, 0.717) is 0 Å². The first-order valence-corrected chi connectivity index (χ1v) is 4.67. The Hall–Kier alpha value is -0.300. The van der Waals surface area contributed by atoms with Crippen molar-refractivity contribution in [2.75, 3.05) is 13.1 Å². The second-order valence-corrected chi connectivity index (χ2v) is 3.56. The fourth-order valence-electron chi connectivity index (χ4n) is 1.76. The van der Waals surface area contributed by atoms with Crippen molar-refractivity contribution in [2.45, 2.75) is 33.6 Å². The van der Waals surface area contributed by atoms with Gasteiger partial charge in [-0.05, 0) is 25.3 Å². The molecule has 11 heavy (non-hydrogen) atoms. The van der Waals surface area contributed by atoms with Crippen molar-refractivity contribution in [3.63, 3.8) is 0 Å². The van der Waals surface area contributed by atoms with E-state index in [1.165, 1.54) is 19.4 Å². The molecule has 1 heterocycles. The lowest BCUT2D eigenvalue weighted by molar-refractivity contribution is 0.595. The van der Waals surface area contributed by atoms with Gasteiger partial charge in [-0.15, -0.1) is 0 Å². The van der Waals surface area contributed by atoms with Gasteiger partial charge in [-0.3, -0.25) is 0 Å².